The molecule has 1 N–H and O–H groups in total. The lowest BCUT2D eigenvalue weighted by Gasteiger charge is -2.07. The van der Waals surface area contributed by atoms with Crippen LogP contribution in [0, 0.1) is 13.8 Å². The molecule has 0 fully saturated rings. The summed E-state index contributed by atoms with van der Waals surface area (Å²) in [6, 6.07) is 13.9. The van der Waals surface area contributed by atoms with Gasteiger partial charge in [-0.05, 0) is 44.0 Å². The van der Waals surface area contributed by atoms with Crippen LogP contribution in [0.2, 0.25) is 0 Å². The monoisotopic (exact) mass is 334 g/mol. The molecule has 5 heteroatoms. The van der Waals surface area contributed by atoms with Gasteiger partial charge in [-0.2, -0.15) is 5.10 Å². The first-order valence-corrected chi connectivity index (χ1v) is 8.41. The van der Waals surface area contributed by atoms with Gasteiger partial charge in [-0.25, -0.2) is 4.68 Å². The van der Waals surface area contributed by atoms with Gasteiger partial charge >= 0.3 is 0 Å². The molecule has 0 unspecified atom stereocenters. The number of nitrogens with zero attached hydrogens (tertiary/aromatic N) is 3. The Morgan fingerprint density at radius 2 is 1.92 bits per heavy atom. The van der Waals surface area contributed by atoms with Gasteiger partial charge in [0.15, 0.2) is 0 Å². The second-order valence-electron chi connectivity index (χ2n) is 6.03. The molecule has 0 aliphatic rings. The highest BCUT2D eigenvalue weighted by Crippen LogP contribution is 2.17. The van der Waals surface area contributed by atoms with Crippen LogP contribution >= 0.6 is 0 Å². The average Bonchev–Trinajstić information content (AvgIpc) is 2.94. The highest BCUT2D eigenvalue weighted by Gasteiger charge is 2.13. The molecule has 0 saturated heterocycles. The van der Waals surface area contributed by atoms with Crippen LogP contribution in [0.25, 0.3) is 5.69 Å². The topological polar surface area (TPSA) is 59.8 Å². The van der Waals surface area contributed by atoms with Crippen molar-refractivity contribution >= 4 is 5.91 Å². The van der Waals surface area contributed by atoms with Gasteiger partial charge < -0.3 is 5.32 Å². The fraction of sp³-hybridized carbons (Fsp3) is 0.250. The molecule has 1 aromatic carbocycles. The third-order valence-electron chi connectivity index (χ3n) is 4.27. The molecule has 0 saturated carbocycles. The fourth-order valence-corrected chi connectivity index (χ4v) is 2.83. The molecule has 25 heavy (non-hydrogen) atoms. The third-order valence-corrected chi connectivity index (χ3v) is 4.27. The Hall–Kier alpha value is -2.95. The number of rotatable bonds is 6. The van der Waals surface area contributed by atoms with Gasteiger partial charge in [0.05, 0.1) is 11.4 Å². The Kier molecular flexibility index (Phi) is 5.23. The summed E-state index contributed by atoms with van der Waals surface area (Å²) in [6.07, 6.45) is 4.68. The number of amides is 1. The van der Waals surface area contributed by atoms with E-state index in [9.17, 15) is 4.79 Å². The largest absolute Gasteiger partial charge is 0.352 e. The van der Waals surface area contributed by atoms with Gasteiger partial charge in [-0.3, -0.25) is 9.78 Å². The molecule has 0 bridgehead atoms. The maximum Gasteiger partial charge on any atom is 0.220 e. The Labute approximate surface area is 147 Å². The van der Waals surface area contributed by atoms with E-state index < -0.39 is 0 Å². The molecule has 0 aliphatic carbocycles. The van der Waals surface area contributed by atoms with E-state index >= 15 is 0 Å². The fourth-order valence-electron chi connectivity index (χ4n) is 2.83. The number of carbonyl (C=O) groups excluding carboxylic acids is 1. The van der Waals surface area contributed by atoms with Crippen molar-refractivity contribution in [2.24, 2.45) is 0 Å². The van der Waals surface area contributed by atoms with Crippen LogP contribution in [-0.2, 0) is 17.8 Å². The van der Waals surface area contributed by atoms with Crippen LogP contribution in [0.4, 0.5) is 0 Å². The number of nitrogens with one attached hydrogen (secondary N) is 1. The lowest BCUT2D eigenvalue weighted by molar-refractivity contribution is -0.121. The number of aryl methyl sites for hydroxylation is 2. The van der Waals surface area contributed by atoms with Crippen molar-refractivity contribution in [2.75, 3.05) is 0 Å². The van der Waals surface area contributed by atoms with Gasteiger partial charge in [0.1, 0.15) is 0 Å². The highest BCUT2D eigenvalue weighted by atomic mass is 16.1. The van der Waals surface area contributed by atoms with E-state index in [1.807, 2.05) is 61.0 Å². The molecular formula is C20H22N4O. The highest BCUT2D eigenvalue weighted by molar-refractivity contribution is 5.76. The first-order valence-electron chi connectivity index (χ1n) is 8.41. The van der Waals surface area contributed by atoms with Crippen molar-refractivity contribution in [3.05, 3.63) is 77.4 Å². The van der Waals surface area contributed by atoms with E-state index in [1.54, 1.807) is 12.4 Å². The summed E-state index contributed by atoms with van der Waals surface area (Å²) in [5.41, 5.74) is 5.16. The van der Waals surface area contributed by atoms with Crippen LogP contribution in [-0.4, -0.2) is 20.7 Å². The summed E-state index contributed by atoms with van der Waals surface area (Å²) < 4.78 is 1.92. The minimum absolute atomic E-state index is 0.0371. The van der Waals surface area contributed by atoms with E-state index in [2.05, 4.69) is 15.4 Å². The summed E-state index contributed by atoms with van der Waals surface area (Å²) in [5, 5.41) is 7.61. The summed E-state index contributed by atoms with van der Waals surface area (Å²) in [5.74, 6) is 0.0371. The second kappa shape index (κ2) is 7.75. The van der Waals surface area contributed by atoms with Crippen molar-refractivity contribution < 1.29 is 4.79 Å². The van der Waals surface area contributed by atoms with Crippen molar-refractivity contribution in [2.45, 2.75) is 33.2 Å². The number of aromatic nitrogens is 3. The zero-order valence-corrected chi connectivity index (χ0v) is 14.6. The number of hydrogen-bond donors (Lipinski definition) is 1. The summed E-state index contributed by atoms with van der Waals surface area (Å²) in [7, 11) is 0. The van der Waals surface area contributed by atoms with Crippen LogP contribution in [0.3, 0.4) is 0 Å². The van der Waals surface area contributed by atoms with Gasteiger partial charge in [-0.15, -0.1) is 0 Å². The van der Waals surface area contributed by atoms with Crippen molar-refractivity contribution in [1.29, 1.82) is 0 Å². The van der Waals surface area contributed by atoms with Crippen LogP contribution in [0.15, 0.2) is 54.9 Å². The van der Waals surface area contributed by atoms with Crippen LogP contribution in [0.1, 0.15) is 28.9 Å². The molecule has 0 aliphatic heterocycles. The van der Waals surface area contributed by atoms with Gasteiger partial charge in [0.25, 0.3) is 0 Å². The summed E-state index contributed by atoms with van der Waals surface area (Å²) in [6.45, 7) is 4.50. The molecule has 2 aromatic heterocycles. The van der Waals surface area contributed by atoms with E-state index in [0.717, 1.165) is 28.2 Å². The maximum absolute atomic E-state index is 12.1. The molecule has 0 radical (unpaired) electrons. The minimum atomic E-state index is 0.0371. The van der Waals surface area contributed by atoms with E-state index in [-0.39, 0.29) is 5.91 Å². The van der Waals surface area contributed by atoms with E-state index in [0.29, 0.717) is 19.4 Å². The minimum Gasteiger partial charge on any atom is -0.352 e. The standard InChI is InChI=1S/C20H22N4O/c1-15-19(16(2)24(23-15)18-8-4-3-5-9-18)14-22-20(25)11-10-17-7-6-12-21-13-17/h3-9,12-13H,10-11,14H2,1-2H3,(H,22,25). The third kappa shape index (κ3) is 4.12. The molecule has 3 aromatic rings. The molecule has 3 rings (SSSR count). The summed E-state index contributed by atoms with van der Waals surface area (Å²) in [4.78, 5) is 16.2. The SMILES string of the molecule is Cc1nn(-c2ccccc2)c(C)c1CNC(=O)CCc1cccnc1. The van der Waals surface area contributed by atoms with Gasteiger partial charge in [0.2, 0.25) is 5.91 Å². The normalized spacial score (nSPS) is 10.6. The Morgan fingerprint density at radius 1 is 1.12 bits per heavy atom. The van der Waals surface area contributed by atoms with E-state index in [1.165, 1.54) is 0 Å². The van der Waals surface area contributed by atoms with Crippen LogP contribution in [0.5, 0.6) is 0 Å². The predicted octanol–water partition coefficient (Wildman–Crippen LogP) is 3.13. The number of para-hydroxylation sites is 1. The first kappa shape index (κ1) is 16.9. The number of hydrogen-bond acceptors (Lipinski definition) is 3. The maximum atomic E-state index is 12.1. The first-order chi connectivity index (χ1) is 12.1. The molecule has 128 valence electrons. The van der Waals surface area contributed by atoms with Crippen LogP contribution < -0.4 is 5.32 Å². The second-order valence-corrected chi connectivity index (χ2v) is 6.03. The zero-order valence-electron chi connectivity index (χ0n) is 14.6. The lowest BCUT2D eigenvalue weighted by atomic mass is 10.1. The molecule has 0 atom stereocenters. The molecule has 5 nitrogen and oxygen atoms in total. The quantitative estimate of drug-likeness (QED) is 0.753. The Morgan fingerprint density at radius 3 is 2.64 bits per heavy atom. The van der Waals surface area contributed by atoms with E-state index in [4.69, 9.17) is 0 Å². The molecule has 1 amide bonds. The smallest absolute Gasteiger partial charge is 0.220 e. The average molecular weight is 334 g/mol. The van der Waals surface area contributed by atoms with Crippen molar-refractivity contribution in [1.82, 2.24) is 20.1 Å². The summed E-state index contributed by atoms with van der Waals surface area (Å²) >= 11 is 0. The Bertz CT molecular complexity index is 841. The number of pyridine rings is 1. The zero-order chi connectivity index (χ0) is 17.6. The Balaban J connectivity index is 1.61. The predicted molar refractivity (Wildman–Crippen MR) is 97.4 cm³/mol. The van der Waals surface area contributed by atoms with Gasteiger partial charge in [-0.1, -0.05) is 24.3 Å². The van der Waals surface area contributed by atoms with Crippen molar-refractivity contribution in [3.63, 3.8) is 0 Å². The molecule has 2 heterocycles. The molecule has 0 spiro atoms. The van der Waals surface area contributed by atoms with Gasteiger partial charge in [0, 0.05) is 36.6 Å². The molecular weight excluding hydrogens is 312 g/mol. The van der Waals surface area contributed by atoms with Crippen molar-refractivity contribution in [3.8, 4) is 5.69 Å². The number of carbonyl (C=O) groups is 1. The number of benzene rings is 1. The lowest BCUT2D eigenvalue weighted by Crippen LogP contribution is -2.23.